The van der Waals surface area contributed by atoms with Gasteiger partial charge in [-0.25, -0.2) is 4.21 Å². The molecule has 0 bridgehead atoms. The van der Waals surface area contributed by atoms with Gasteiger partial charge in [-0.2, -0.15) is 0 Å². The van der Waals surface area contributed by atoms with Crippen molar-refractivity contribution in [1.82, 2.24) is 0 Å². The standard InChI is InChI=1S/C12H4Cl6O3S/c13-3-1-5(15)9(19)11(7(3)17)22(21)12-8(18)4(14)2-6(16)10(12)20/h1-2,19-20H. The van der Waals surface area contributed by atoms with Crippen molar-refractivity contribution in [3.8, 4) is 11.5 Å². The van der Waals surface area contributed by atoms with Crippen molar-refractivity contribution < 1.29 is 14.4 Å². The van der Waals surface area contributed by atoms with E-state index in [0.717, 1.165) is 0 Å². The van der Waals surface area contributed by atoms with Crippen LogP contribution >= 0.6 is 69.6 Å². The second-order valence-electron chi connectivity index (χ2n) is 3.93. The van der Waals surface area contributed by atoms with Gasteiger partial charge in [-0.3, -0.25) is 0 Å². The molecule has 2 rings (SSSR count). The smallest absolute Gasteiger partial charge is 0.152 e. The molecule has 0 aliphatic carbocycles. The van der Waals surface area contributed by atoms with Crippen molar-refractivity contribution in [3.63, 3.8) is 0 Å². The van der Waals surface area contributed by atoms with Crippen molar-refractivity contribution in [2.75, 3.05) is 0 Å². The lowest BCUT2D eigenvalue weighted by Gasteiger charge is -2.13. The molecule has 0 amide bonds. The third kappa shape index (κ3) is 3.11. The Kier molecular flexibility index (Phi) is 5.66. The van der Waals surface area contributed by atoms with Crippen LogP contribution in [0.3, 0.4) is 0 Å². The van der Waals surface area contributed by atoms with Crippen LogP contribution in [0.1, 0.15) is 0 Å². The summed E-state index contributed by atoms with van der Waals surface area (Å²) >= 11 is 35.2. The molecule has 2 aromatic carbocycles. The van der Waals surface area contributed by atoms with E-state index in [0.29, 0.717) is 0 Å². The van der Waals surface area contributed by atoms with E-state index in [4.69, 9.17) is 69.6 Å². The van der Waals surface area contributed by atoms with Crippen LogP contribution in [0, 0.1) is 0 Å². The molecule has 0 saturated carbocycles. The molecule has 0 aromatic heterocycles. The largest absolute Gasteiger partial charge is 0.505 e. The summed E-state index contributed by atoms with van der Waals surface area (Å²) in [5.74, 6) is -1.11. The highest BCUT2D eigenvalue weighted by Gasteiger charge is 2.27. The van der Waals surface area contributed by atoms with E-state index in [1.807, 2.05) is 0 Å². The number of phenolic OH excluding ortho intramolecular Hbond substituents is 2. The molecule has 0 spiro atoms. The van der Waals surface area contributed by atoms with Crippen molar-refractivity contribution in [2.45, 2.75) is 9.79 Å². The fraction of sp³-hybridized carbons (Fsp3) is 0. The van der Waals surface area contributed by atoms with E-state index < -0.39 is 22.3 Å². The lowest BCUT2D eigenvalue weighted by molar-refractivity contribution is 0.458. The summed E-state index contributed by atoms with van der Waals surface area (Å²) in [5.41, 5.74) is 0. The van der Waals surface area contributed by atoms with Crippen LogP contribution in [0.25, 0.3) is 0 Å². The van der Waals surface area contributed by atoms with E-state index in [1.54, 1.807) is 0 Å². The maximum absolute atomic E-state index is 12.7. The highest BCUT2D eigenvalue weighted by molar-refractivity contribution is 7.85. The molecule has 0 aliphatic heterocycles. The predicted molar refractivity (Wildman–Crippen MR) is 90.9 cm³/mol. The highest BCUT2D eigenvalue weighted by Crippen LogP contribution is 2.47. The van der Waals surface area contributed by atoms with E-state index in [1.165, 1.54) is 12.1 Å². The van der Waals surface area contributed by atoms with E-state index in [9.17, 15) is 14.4 Å². The molecule has 0 fully saturated rings. The third-order valence-corrected chi connectivity index (χ3v) is 6.49. The molecule has 2 N–H and O–H groups in total. The van der Waals surface area contributed by atoms with Gasteiger partial charge < -0.3 is 10.2 Å². The first-order chi connectivity index (χ1) is 10.2. The van der Waals surface area contributed by atoms with Crippen LogP contribution in [0.2, 0.25) is 30.1 Å². The van der Waals surface area contributed by atoms with E-state index >= 15 is 0 Å². The molecule has 0 heterocycles. The lowest BCUT2D eigenvalue weighted by atomic mass is 10.3. The molecule has 22 heavy (non-hydrogen) atoms. The summed E-state index contributed by atoms with van der Waals surface area (Å²) in [6.07, 6.45) is 0. The van der Waals surface area contributed by atoms with Crippen LogP contribution in [-0.2, 0) is 10.8 Å². The Morgan fingerprint density at radius 3 is 1.32 bits per heavy atom. The molecular formula is C12H4Cl6O3S. The number of hydrogen-bond acceptors (Lipinski definition) is 3. The van der Waals surface area contributed by atoms with Gasteiger partial charge in [0.1, 0.15) is 9.79 Å². The number of rotatable bonds is 2. The SMILES string of the molecule is O=S(c1c(O)c(Cl)cc(Cl)c1Cl)c1c(O)c(Cl)cc(Cl)c1Cl. The Bertz CT molecular complexity index is 690. The summed E-state index contributed by atoms with van der Waals surface area (Å²) < 4.78 is 12.7. The summed E-state index contributed by atoms with van der Waals surface area (Å²) in [4.78, 5) is -0.621. The fourth-order valence-corrected chi connectivity index (χ4v) is 4.75. The Balaban J connectivity index is 2.80. The number of aromatic hydroxyl groups is 2. The maximum atomic E-state index is 12.7. The van der Waals surface area contributed by atoms with Gasteiger partial charge in [0, 0.05) is 0 Å². The number of halogens is 6. The second-order valence-corrected chi connectivity index (χ2v) is 7.67. The Hall–Kier alpha value is -0.0700. The van der Waals surface area contributed by atoms with Gasteiger partial charge in [0.25, 0.3) is 0 Å². The fourth-order valence-electron chi connectivity index (χ4n) is 1.57. The normalized spacial score (nSPS) is 11.2. The third-order valence-electron chi connectivity index (χ3n) is 2.58. The second kappa shape index (κ2) is 6.81. The number of hydrogen-bond donors (Lipinski definition) is 2. The Morgan fingerprint density at radius 1 is 0.682 bits per heavy atom. The van der Waals surface area contributed by atoms with Gasteiger partial charge in [0.05, 0.1) is 40.9 Å². The van der Waals surface area contributed by atoms with Gasteiger partial charge >= 0.3 is 0 Å². The van der Waals surface area contributed by atoms with Gasteiger partial charge in [-0.15, -0.1) is 0 Å². The minimum atomic E-state index is -2.24. The first-order valence-electron chi connectivity index (χ1n) is 5.31. The topological polar surface area (TPSA) is 57.5 Å². The molecule has 0 radical (unpaired) electrons. The van der Waals surface area contributed by atoms with E-state index in [2.05, 4.69) is 0 Å². The number of benzene rings is 2. The zero-order valence-corrected chi connectivity index (χ0v) is 15.5. The zero-order valence-electron chi connectivity index (χ0n) is 10.1. The van der Waals surface area contributed by atoms with Crippen molar-refractivity contribution in [3.05, 3.63) is 42.3 Å². The number of phenols is 2. The molecule has 10 heteroatoms. The van der Waals surface area contributed by atoms with Crippen LogP contribution in [-0.4, -0.2) is 14.4 Å². The lowest BCUT2D eigenvalue weighted by Crippen LogP contribution is -1.98. The van der Waals surface area contributed by atoms with Crippen molar-refractivity contribution in [2.24, 2.45) is 0 Å². The molecule has 3 nitrogen and oxygen atoms in total. The Labute approximate surface area is 157 Å². The first kappa shape index (κ1) is 18.3. The summed E-state index contributed by atoms with van der Waals surface area (Å²) in [5, 5.41) is 19.2. The van der Waals surface area contributed by atoms with Gasteiger partial charge in [0.2, 0.25) is 0 Å². The average Bonchev–Trinajstić information content (AvgIpc) is 2.44. The van der Waals surface area contributed by atoms with Crippen LogP contribution in [0.15, 0.2) is 21.9 Å². The van der Waals surface area contributed by atoms with Crippen LogP contribution < -0.4 is 0 Å². The molecule has 0 saturated heterocycles. The monoisotopic (exact) mass is 438 g/mol. The van der Waals surface area contributed by atoms with E-state index in [-0.39, 0.29) is 39.9 Å². The Morgan fingerprint density at radius 2 is 1.00 bits per heavy atom. The molecule has 0 unspecified atom stereocenters. The zero-order chi connectivity index (χ0) is 16.8. The first-order valence-corrected chi connectivity index (χ1v) is 8.73. The molecular weight excluding hydrogens is 437 g/mol. The van der Waals surface area contributed by atoms with Crippen molar-refractivity contribution in [1.29, 1.82) is 0 Å². The quantitative estimate of drug-likeness (QED) is 0.548. The molecule has 0 atom stereocenters. The van der Waals surface area contributed by atoms with Crippen LogP contribution in [0.4, 0.5) is 0 Å². The summed E-state index contributed by atoms with van der Waals surface area (Å²) in [6.45, 7) is 0. The molecule has 2 aromatic rings. The maximum Gasteiger partial charge on any atom is 0.152 e. The minimum Gasteiger partial charge on any atom is -0.505 e. The van der Waals surface area contributed by atoms with Gasteiger partial charge in [0.15, 0.2) is 11.5 Å². The molecule has 0 aliphatic rings. The minimum absolute atomic E-state index is 0.0310. The van der Waals surface area contributed by atoms with Gasteiger partial charge in [-0.1, -0.05) is 69.6 Å². The summed E-state index contributed by atoms with van der Waals surface area (Å²) in [6, 6.07) is 2.38. The summed E-state index contributed by atoms with van der Waals surface area (Å²) in [7, 11) is -2.24. The van der Waals surface area contributed by atoms with Crippen molar-refractivity contribution >= 4 is 80.4 Å². The van der Waals surface area contributed by atoms with Crippen LogP contribution in [0.5, 0.6) is 11.5 Å². The highest BCUT2D eigenvalue weighted by atomic mass is 35.5. The predicted octanol–water partition coefficient (Wildman–Crippen LogP) is 6.18. The van der Waals surface area contributed by atoms with Gasteiger partial charge in [-0.05, 0) is 12.1 Å². The average molecular weight is 441 g/mol. The molecule has 118 valence electrons.